The second-order valence-electron chi connectivity index (χ2n) is 15.1. The van der Waals surface area contributed by atoms with Crippen LogP contribution in [-0.2, 0) is 35.1 Å². The van der Waals surface area contributed by atoms with Gasteiger partial charge in [-0.2, -0.15) is 0 Å². The molecule has 1 aliphatic heterocycles. The van der Waals surface area contributed by atoms with Crippen molar-refractivity contribution in [1.82, 2.24) is 25.8 Å². The zero-order chi connectivity index (χ0) is 39.3. The number of carbonyl (C=O) groups excluding carboxylic acids is 3. The van der Waals surface area contributed by atoms with Crippen LogP contribution in [0.4, 0.5) is 0 Å². The molecule has 0 aliphatic carbocycles. The summed E-state index contributed by atoms with van der Waals surface area (Å²) in [7, 11) is 6.52. The third-order valence-corrected chi connectivity index (χ3v) is 10.8. The molecule has 2 rings (SSSR count). The van der Waals surface area contributed by atoms with E-state index in [0.29, 0.717) is 13.0 Å². The number of nitrogens with zero attached hydrogens (tertiary/aromatic N) is 2. The first kappa shape index (κ1) is 45.1. The van der Waals surface area contributed by atoms with Gasteiger partial charge < -0.3 is 40.1 Å². The fourth-order valence-electron chi connectivity index (χ4n) is 7.53. The van der Waals surface area contributed by atoms with Crippen LogP contribution in [0.25, 0.3) is 0 Å². The van der Waals surface area contributed by atoms with Gasteiger partial charge in [0.15, 0.2) is 0 Å². The molecule has 1 saturated heterocycles. The van der Waals surface area contributed by atoms with Gasteiger partial charge >= 0.3 is 5.97 Å². The van der Waals surface area contributed by atoms with E-state index in [1.807, 2.05) is 71.9 Å². The van der Waals surface area contributed by atoms with Crippen LogP contribution in [0, 0.1) is 23.7 Å². The Bertz CT molecular complexity index is 1270. The fourth-order valence-corrected chi connectivity index (χ4v) is 7.53. The molecule has 1 unspecified atom stereocenters. The number of hydrogen-bond acceptors (Lipinski definition) is 9. The van der Waals surface area contributed by atoms with Crippen LogP contribution in [0.1, 0.15) is 79.7 Å². The molecule has 0 bridgehead atoms. The van der Waals surface area contributed by atoms with Gasteiger partial charge in [-0.1, -0.05) is 85.2 Å². The van der Waals surface area contributed by atoms with Crippen LogP contribution in [0.5, 0.6) is 0 Å². The molecule has 1 heterocycles. The summed E-state index contributed by atoms with van der Waals surface area (Å²) in [5.74, 6) is -2.47. The third-order valence-electron chi connectivity index (χ3n) is 10.8. The van der Waals surface area contributed by atoms with E-state index in [1.54, 1.807) is 37.9 Å². The Labute approximate surface area is 311 Å². The summed E-state index contributed by atoms with van der Waals surface area (Å²) < 4.78 is 11.9. The molecular weight excluding hydrogens is 666 g/mol. The number of ether oxygens (including phenoxy) is 2. The van der Waals surface area contributed by atoms with E-state index in [1.165, 1.54) is 7.11 Å². The molecule has 0 aromatic heterocycles. The fraction of sp³-hybridized carbons (Fsp3) is 0.744. The maximum absolute atomic E-state index is 14.1. The molecule has 296 valence electrons. The van der Waals surface area contributed by atoms with Crippen LogP contribution in [-0.4, -0.2) is 127 Å². The number of rotatable bonds is 22. The summed E-state index contributed by atoms with van der Waals surface area (Å²) in [6.07, 6.45) is -0.117. The second-order valence-corrected chi connectivity index (χ2v) is 15.1. The summed E-state index contributed by atoms with van der Waals surface area (Å²) in [6.45, 7) is 14.0. The number of carboxylic acid groups (broad SMARTS) is 1. The number of likely N-dealkylation sites (N-methyl/N-ethyl adjacent to an activating group) is 2. The maximum Gasteiger partial charge on any atom is 0.321 e. The standard InChI is InChI=1S/C39H67N5O8/c1-12-25(6)34(43(9)38(48)33(24(4)5)42-37(47)32(40-8)23(2)3)30(51-10)22-31(45)44-20-16-19-29(44)35(52-11)26(7)36(46)41-28(39(49)50)21-27-17-14-13-15-18-27/h13-15,17-18,23-26,28-30,32-36,40-41,46H,12,16,19-22H2,1-11H3,(H,42,47)(H,49,50)/t25-,26+,28-,29-,30+,32-,33-,34-,35+,36?/m0/s1. The average molecular weight is 734 g/mol. The highest BCUT2D eigenvalue weighted by Gasteiger charge is 2.43. The Hall–Kier alpha value is -3.10. The number of carbonyl (C=O) groups is 4. The van der Waals surface area contributed by atoms with Gasteiger partial charge in [-0.15, -0.1) is 0 Å². The minimum atomic E-state index is -1.22. The largest absolute Gasteiger partial charge is 0.480 e. The number of nitrogens with one attached hydrogen (secondary N) is 3. The van der Waals surface area contributed by atoms with Crippen LogP contribution in [0.3, 0.4) is 0 Å². The minimum absolute atomic E-state index is 0.0112. The second kappa shape index (κ2) is 21.6. The van der Waals surface area contributed by atoms with Gasteiger partial charge in [-0.3, -0.25) is 24.5 Å². The molecule has 1 fully saturated rings. The van der Waals surface area contributed by atoms with E-state index < -0.39 is 54.5 Å². The van der Waals surface area contributed by atoms with Crippen LogP contribution >= 0.6 is 0 Å². The predicted molar refractivity (Wildman–Crippen MR) is 201 cm³/mol. The molecule has 1 aromatic rings. The number of aliphatic hydroxyl groups excluding tert-OH is 1. The summed E-state index contributed by atoms with van der Waals surface area (Å²) in [4.78, 5) is 57.0. The molecule has 13 heteroatoms. The molecule has 1 aliphatic rings. The number of aliphatic carboxylic acids is 1. The van der Waals surface area contributed by atoms with E-state index in [0.717, 1.165) is 18.4 Å². The quantitative estimate of drug-likeness (QED) is 0.112. The minimum Gasteiger partial charge on any atom is -0.480 e. The number of aliphatic hydroxyl groups is 1. The Morgan fingerprint density at radius 2 is 1.60 bits per heavy atom. The van der Waals surface area contributed by atoms with E-state index in [-0.39, 0.29) is 54.4 Å². The van der Waals surface area contributed by atoms with E-state index in [2.05, 4.69) is 16.0 Å². The lowest BCUT2D eigenvalue weighted by atomic mass is 9.89. The van der Waals surface area contributed by atoms with Crippen molar-refractivity contribution in [3.63, 3.8) is 0 Å². The van der Waals surface area contributed by atoms with Gasteiger partial charge in [0.25, 0.3) is 0 Å². The maximum atomic E-state index is 14.1. The molecule has 52 heavy (non-hydrogen) atoms. The van der Waals surface area contributed by atoms with Gasteiger partial charge in [0, 0.05) is 33.7 Å². The monoisotopic (exact) mass is 733 g/mol. The van der Waals surface area contributed by atoms with Gasteiger partial charge in [0.05, 0.1) is 36.8 Å². The van der Waals surface area contributed by atoms with Crippen molar-refractivity contribution >= 4 is 23.7 Å². The lowest BCUT2D eigenvalue weighted by Crippen LogP contribution is -2.59. The van der Waals surface area contributed by atoms with Crippen molar-refractivity contribution in [3.05, 3.63) is 35.9 Å². The smallest absolute Gasteiger partial charge is 0.321 e. The number of likely N-dealkylation sites (tertiary alicyclic amines) is 1. The molecule has 13 nitrogen and oxygen atoms in total. The lowest BCUT2D eigenvalue weighted by Gasteiger charge is -2.41. The lowest BCUT2D eigenvalue weighted by molar-refractivity contribution is -0.148. The number of hydrogen-bond donors (Lipinski definition) is 5. The normalized spacial score (nSPS) is 20.0. The highest BCUT2D eigenvalue weighted by atomic mass is 16.5. The molecule has 1 aromatic carbocycles. The van der Waals surface area contributed by atoms with Gasteiger partial charge in [0.1, 0.15) is 18.3 Å². The third kappa shape index (κ3) is 12.0. The van der Waals surface area contributed by atoms with Gasteiger partial charge in [0.2, 0.25) is 17.7 Å². The zero-order valence-corrected chi connectivity index (χ0v) is 33.3. The van der Waals surface area contributed by atoms with Crippen molar-refractivity contribution in [2.45, 2.75) is 129 Å². The summed E-state index contributed by atoms with van der Waals surface area (Å²) in [5, 5.41) is 30.0. The summed E-state index contributed by atoms with van der Waals surface area (Å²) >= 11 is 0. The Morgan fingerprint density at radius 1 is 0.981 bits per heavy atom. The highest BCUT2D eigenvalue weighted by molar-refractivity contribution is 5.90. The first-order chi connectivity index (χ1) is 24.5. The predicted octanol–water partition coefficient (Wildman–Crippen LogP) is 2.90. The van der Waals surface area contributed by atoms with Gasteiger partial charge in [-0.05, 0) is 49.6 Å². The summed E-state index contributed by atoms with van der Waals surface area (Å²) in [5.41, 5.74) is 0.826. The average Bonchev–Trinajstić information content (AvgIpc) is 3.59. The SMILES string of the molecule is CC[C@H](C)[C@@H]([C@@H](CC(=O)N1CCC[C@H]1[C@H](OC)[C@@H](C)C(O)N[C@@H](Cc1ccccc1)C(=O)O)OC)N(C)C(=O)[C@@H](NC(=O)[C@@H](NC)C(C)C)C(C)C. The number of benzene rings is 1. The van der Waals surface area contributed by atoms with E-state index in [4.69, 9.17) is 9.47 Å². The zero-order valence-electron chi connectivity index (χ0n) is 33.3. The van der Waals surface area contributed by atoms with E-state index in [9.17, 15) is 29.4 Å². The van der Waals surface area contributed by atoms with Crippen LogP contribution in [0.2, 0.25) is 0 Å². The van der Waals surface area contributed by atoms with E-state index >= 15 is 0 Å². The van der Waals surface area contributed by atoms with Crippen molar-refractivity contribution in [2.24, 2.45) is 23.7 Å². The first-order valence-corrected chi connectivity index (χ1v) is 18.8. The summed E-state index contributed by atoms with van der Waals surface area (Å²) in [6, 6.07) is 6.15. The Balaban J connectivity index is 2.26. The molecule has 0 radical (unpaired) electrons. The van der Waals surface area contributed by atoms with Crippen molar-refractivity contribution in [2.75, 3.05) is 34.9 Å². The number of methoxy groups -OCH3 is 2. The van der Waals surface area contributed by atoms with Crippen molar-refractivity contribution in [1.29, 1.82) is 0 Å². The highest BCUT2D eigenvalue weighted by Crippen LogP contribution is 2.30. The van der Waals surface area contributed by atoms with Gasteiger partial charge in [-0.25, -0.2) is 0 Å². The number of carboxylic acids is 1. The molecular formula is C39H67N5O8. The first-order valence-electron chi connectivity index (χ1n) is 18.8. The molecule has 0 spiro atoms. The Kier molecular flexibility index (Phi) is 18.7. The molecule has 0 saturated carbocycles. The topological polar surface area (TPSA) is 170 Å². The number of amides is 3. The molecule has 10 atom stereocenters. The molecule has 5 N–H and O–H groups in total. The van der Waals surface area contributed by atoms with Crippen LogP contribution < -0.4 is 16.0 Å². The molecule has 3 amide bonds. The van der Waals surface area contributed by atoms with Crippen molar-refractivity contribution in [3.8, 4) is 0 Å². The van der Waals surface area contributed by atoms with Crippen molar-refractivity contribution < 1.29 is 38.9 Å². The van der Waals surface area contributed by atoms with Crippen LogP contribution in [0.15, 0.2) is 30.3 Å². The Morgan fingerprint density at radius 3 is 2.10 bits per heavy atom.